The van der Waals surface area contributed by atoms with Gasteiger partial charge in [0, 0.05) is 17.6 Å². The van der Waals surface area contributed by atoms with Crippen molar-refractivity contribution in [2.75, 3.05) is 6.79 Å². The summed E-state index contributed by atoms with van der Waals surface area (Å²) in [4.78, 5) is 26.7. The minimum atomic E-state index is -0.0910. The van der Waals surface area contributed by atoms with Gasteiger partial charge >= 0.3 is 0 Å². The molecule has 2 N–H and O–H groups in total. The lowest BCUT2D eigenvalue weighted by molar-refractivity contribution is -0.120. The molecule has 0 spiro atoms. The fourth-order valence-electron chi connectivity index (χ4n) is 2.97. The Balaban J connectivity index is 1.42. The maximum atomic E-state index is 12.3. The number of hydrogen-bond donors (Lipinski definition) is 2. The number of aromatic nitrogens is 1. The number of carbonyl (C=O) groups is 1. The zero-order valence-corrected chi connectivity index (χ0v) is 14.3. The predicted octanol–water partition coefficient (Wildman–Crippen LogP) is 2.42. The van der Waals surface area contributed by atoms with Crippen LogP contribution in [0.4, 0.5) is 0 Å². The first-order chi connectivity index (χ1) is 12.6. The normalized spacial score (nSPS) is 12.3. The van der Waals surface area contributed by atoms with Crippen LogP contribution in [0.25, 0.3) is 10.9 Å². The molecule has 2 aromatic carbocycles. The lowest BCUT2D eigenvalue weighted by Crippen LogP contribution is -2.24. The van der Waals surface area contributed by atoms with E-state index in [4.69, 9.17) is 9.47 Å². The Bertz CT molecular complexity index is 1060. The average Bonchev–Trinajstić information content (AvgIpc) is 3.09. The van der Waals surface area contributed by atoms with Crippen molar-refractivity contribution in [3.05, 3.63) is 69.5 Å². The van der Waals surface area contributed by atoms with Gasteiger partial charge < -0.3 is 19.8 Å². The number of rotatable bonds is 4. The van der Waals surface area contributed by atoms with Crippen molar-refractivity contribution < 1.29 is 14.3 Å². The molecule has 0 saturated heterocycles. The molecule has 2 heterocycles. The Labute approximate surface area is 149 Å². The molecule has 26 heavy (non-hydrogen) atoms. The van der Waals surface area contributed by atoms with E-state index in [0.717, 1.165) is 27.8 Å². The minimum Gasteiger partial charge on any atom is -0.454 e. The van der Waals surface area contributed by atoms with Crippen LogP contribution in [0.2, 0.25) is 0 Å². The van der Waals surface area contributed by atoms with Crippen molar-refractivity contribution in [1.82, 2.24) is 10.3 Å². The highest BCUT2D eigenvalue weighted by Gasteiger charge is 2.13. The van der Waals surface area contributed by atoms with Gasteiger partial charge in [-0.3, -0.25) is 9.59 Å². The molecular weight excluding hydrogens is 332 g/mol. The number of carbonyl (C=O) groups excluding carboxylic acids is 1. The van der Waals surface area contributed by atoms with Gasteiger partial charge in [-0.25, -0.2) is 0 Å². The Morgan fingerprint density at radius 2 is 1.88 bits per heavy atom. The summed E-state index contributed by atoms with van der Waals surface area (Å²) in [5, 5.41) is 3.83. The van der Waals surface area contributed by atoms with Crippen LogP contribution in [0.5, 0.6) is 11.5 Å². The standard InChI is InChI=1S/C20H18N2O4/c1-12-6-15-7-13(2-4-16(15)22-20(12)24)9-19(23)21-10-14-3-5-17-18(8-14)26-11-25-17/h2-8H,9-11H2,1H3,(H,21,23)(H,22,24). The SMILES string of the molecule is Cc1cc2cc(CC(=O)NCc3ccc4c(c3)OCO4)ccc2[nH]c1=O. The molecule has 0 atom stereocenters. The number of aryl methyl sites for hydroxylation is 1. The predicted molar refractivity (Wildman–Crippen MR) is 97.4 cm³/mol. The van der Waals surface area contributed by atoms with Crippen LogP contribution >= 0.6 is 0 Å². The summed E-state index contributed by atoms with van der Waals surface area (Å²) >= 11 is 0. The highest BCUT2D eigenvalue weighted by molar-refractivity contribution is 5.83. The van der Waals surface area contributed by atoms with E-state index < -0.39 is 0 Å². The molecule has 3 aromatic rings. The third kappa shape index (κ3) is 3.26. The van der Waals surface area contributed by atoms with Crippen LogP contribution in [-0.4, -0.2) is 17.7 Å². The number of benzene rings is 2. The molecule has 0 aliphatic carbocycles. The first kappa shape index (κ1) is 16.2. The molecule has 6 heteroatoms. The van der Waals surface area contributed by atoms with Gasteiger partial charge in [-0.05, 0) is 53.8 Å². The number of H-pyrrole nitrogens is 1. The molecule has 1 aliphatic heterocycles. The monoisotopic (exact) mass is 350 g/mol. The summed E-state index contributed by atoms with van der Waals surface area (Å²) in [6.07, 6.45) is 0.276. The van der Waals surface area contributed by atoms with E-state index >= 15 is 0 Å². The Kier molecular flexibility index (Phi) is 4.08. The molecule has 0 radical (unpaired) electrons. The van der Waals surface area contributed by atoms with E-state index in [9.17, 15) is 9.59 Å². The van der Waals surface area contributed by atoms with Crippen molar-refractivity contribution in [2.45, 2.75) is 19.9 Å². The molecule has 4 rings (SSSR count). The first-order valence-corrected chi connectivity index (χ1v) is 8.36. The van der Waals surface area contributed by atoms with Gasteiger partial charge in [-0.15, -0.1) is 0 Å². The molecule has 0 unspecified atom stereocenters. The average molecular weight is 350 g/mol. The zero-order valence-electron chi connectivity index (χ0n) is 14.3. The Morgan fingerprint density at radius 1 is 1.08 bits per heavy atom. The molecule has 6 nitrogen and oxygen atoms in total. The molecule has 1 aliphatic rings. The summed E-state index contributed by atoms with van der Waals surface area (Å²) in [7, 11) is 0. The highest BCUT2D eigenvalue weighted by atomic mass is 16.7. The fourth-order valence-corrected chi connectivity index (χ4v) is 2.97. The molecule has 0 fully saturated rings. The van der Waals surface area contributed by atoms with Gasteiger partial charge in [-0.1, -0.05) is 12.1 Å². The largest absolute Gasteiger partial charge is 0.454 e. The second kappa shape index (κ2) is 6.55. The van der Waals surface area contributed by atoms with E-state index in [-0.39, 0.29) is 24.7 Å². The molecular formula is C20H18N2O4. The lowest BCUT2D eigenvalue weighted by Gasteiger charge is -2.07. The number of hydrogen-bond acceptors (Lipinski definition) is 4. The second-order valence-corrected chi connectivity index (χ2v) is 6.34. The van der Waals surface area contributed by atoms with E-state index in [1.54, 1.807) is 6.92 Å². The maximum absolute atomic E-state index is 12.3. The highest BCUT2D eigenvalue weighted by Crippen LogP contribution is 2.32. The van der Waals surface area contributed by atoms with Gasteiger partial charge in [0.1, 0.15) is 0 Å². The number of aromatic amines is 1. The molecule has 1 aromatic heterocycles. The minimum absolute atomic E-state index is 0.0665. The van der Waals surface area contributed by atoms with Gasteiger partial charge in [0.25, 0.3) is 5.56 Å². The number of ether oxygens (including phenoxy) is 2. The van der Waals surface area contributed by atoms with Gasteiger partial charge in [-0.2, -0.15) is 0 Å². The smallest absolute Gasteiger partial charge is 0.251 e. The number of nitrogens with one attached hydrogen (secondary N) is 2. The third-order valence-electron chi connectivity index (χ3n) is 4.39. The number of pyridine rings is 1. The maximum Gasteiger partial charge on any atom is 0.251 e. The second-order valence-electron chi connectivity index (χ2n) is 6.34. The quantitative estimate of drug-likeness (QED) is 0.757. The van der Waals surface area contributed by atoms with Crippen molar-refractivity contribution in [3.8, 4) is 11.5 Å². The lowest BCUT2D eigenvalue weighted by atomic mass is 10.1. The van der Waals surface area contributed by atoms with E-state index in [1.165, 1.54) is 0 Å². The topological polar surface area (TPSA) is 80.4 Å². The summed E-state index contributed by atoms with van der Waals surface area (Å²) in [5.41, 5.74) is 3.18. The Morgan fingerprint density at radius 3 is 2.77 bits per heavy atom. The van der Waals surface area contributed by atoms with Crippen LogP contribution in [0, 0.1) is 6.92 Å². The number of fused-ring (bicyclic) bond motifs is 2. The molecule has 1 amide bonds. The van der Waals surface area contributed by atoms with Gasteiger partial charge in [0.15, 0.2) is 11.5 Å². The number of amides is 1. The van der Waals surface area contributed by atoms with Crippen LogP contribution in [-0.2, 0) is 17.8 Å². The fraction of sp³-hybridized carbons (Fsp3) is 0.200. The summed E-state index contributed by atoms with van der Waals surface area (Å²) in [6, 6.07) is 13.1. The molecule has 132 valence electrons. The van der Waals surface area contributed by atoms with Crippen LogP contribution in [0.3, 0.4) is 0 Å². The van der Waals surface area contributed by atoms with Gasteiger partial charge in [0.2, 0.25) is 12.7 Å². The zero-order chi connectivity index (χ0) is 18.1. The molecule has 0 saturated carbocycles. The first-order valence-electron chi connectivity index (χ1n) is 8.36. The van der Waals surface area contributed by atoms with Crippen molar-refractivity contribution in [3.63, 3.8) is 0 Å². The Hall–Kier alpha value is -3.28. The van der Waals surface area contributed by atoms with Crippen molar-refractivity contribution in [2.24, 2.45) is 0 Å². The summed E-state index contributed by atoms with van der Waals surface area (Å²) < 4.78 is 10.6. The summed E-state index contributed by atoms with van der Waals surface area (Å²) in [5.74, 6) is 1.36. The van der Waals surface area contributed by atoms with Crippen LogP contribution < -0.4 is 20.3 Å². The van der Waals surface area contributed by atoms with Crippen LogP contribution in [0.15, 0.2) is 47.3 Å². The van der Waals surface area contributed by atoms with E-state index in [1.807, 2.05) is 42.5 Å². The van der Waals surface area contributed by atoms with Crippen molar-refractivity contribution in [1.29, 1.82) is 0 Å². The van der Waals surface area contributed by atoms with E-state index in [2.05, 4.69) is 10.3 Å². The van der Waals surface area contributed by atoms with E-state index in [0.29, 0.717) is 17.9 Å². The molecule has 0 bridgehead atoms. The third-order valence-corrected chi connectivity index (χ3v) is 4.39. The van der Waals surface area contributed by atoms with Crippen LogP contribution in [0.1, 0.15) is 16.7 Å². The van der Waals surface area contributed by atoms with Crippen molar-refractivity contribution >= 4 is 16.8 Å². The summed E-state index contributed by atoms with van der Waals surface area (Å²) in [6.45, 7) is 2.43. The van der Waals surface area contributed by atoms with Gasteiger partial charge in [0.05, 0.1) is 6.42 Å².